The van der Waals surface area contributed by atoms with E-state index in [1.807, 2.05) is 37.3 Å². The molecule has 5 nitrogen and oxygen atoms in total. The van der Waals surface area contributed by atoms with Crippen LogP contribution in [-0.4, -0.2) is 32.0 Å². The Balaban J connectivity index is 1.73. The Bertz CT molecular complexity index is 427. The minimum atomic E-state index is -0.698. The number of carbonyl (C=O) groups excluding carboxylic acids is 1. The highest BCUT2D eigenvalue weighted by molar-refractivity contribution is 5.81. The van der Waals surface area contributed by atoms with Crippen LogP contribution in [0.3, 0.4) is 0 Å². The summed E-state index contributed by atoms with van der Waals surface area (Å²) in [5.74, 6) is -0.372. The van der Waals surface area contributed by atoms with Crippen molar-refractivity contribution in [2.75, 3.05) is 19.8 Å². The predicted octanol–water partition coefficient (Wildman–Crippen LogP) is 1.46. The first-order valence-electron chi connectivity index (χ1n) is 6.81. The van der Waals surface area contributed by atoms with Gasteiger partial charge < -0.3 is 19.9 Å². The molecule has 1 fully saturated rings. The number of carbonyl (C=O) groups is 1. The zero-order valence-corrected chi connectivity index (χ0v) is 11.7. The summed E-state index contributed by atoms with van der Waals surface area (Å²) in [5.41, 5.74) is 5.81. The number of benzene rings is 1. The van der Waals surface area contributed by atoms with Crippen LogP contribution in [0.25, 0.3) is 0 Å². The SMILES string of the molecule is CCC1(C(N)=O)COC(COCc2ccccc2)OC1. The van der Waals surface area contributed by atoms with Crippen molar-refractivity contribution in [2.24, 2.45) is 11.1 Å². The molecule has 0 bridgehead atoms. The second kappa shape index (κ2) is 6.83. The van der Waals surface area contributed by atoms with E-state index in [1.54, 1.807) is 0 Å². The van der Waals surface area contributed by atoms with Gasteiger partial charge in [-0.15, -0.1) is 0 Å². The Labute approximate surface area is 119 Å². The van der Waals surface area contributed by atoms with Crippen LogP contribution in [0.15, 0.2) is 30.3 Å². The predicted molar refractivity (Wildman–Crippen MR) is 73.7 cm³/mol. The number of hydrogen-bond donors (Lipinski definition) is 1. The van der Waals surface area contributed by atoms with Crippen molar-refractivity contribution in [1.29, 1.82) is 0 Å². The number of ether oxygens (including phenoxy) is 3. The molecule has 20 heavy (non-hydrogen) atoms. The summed E-state index contributed by atoms with van der Waals surface area (Å²) in [6.07, 6.45) is 0.178. The van der Waals surface area contributed by atoms with Crippen LogP contribution in [-0.2, 0) is 25.6 Å². The Kier molecular flexibility index (Phi) is 5.11. The maximum atomic E-state index is 11.4. The van der Waals surface area contributed by atoms with E-state index in [0.717, 1.165) is 5.56 Å². The van der Waals surface area contributed by atoms with Gasteiger partial charge in [0.15, 0.2) is 6.29 Å². The van der Waals surface area contributed by atoms with Gasteiger partial charge in [0, 0.05) is 0 Å². The van der Waals surface area contributed by atoms with Crippen molar-refractivity contribution in [1.82, 2.24) is 0 Å². The molecule has 1 heterocycles. The highest BCUT2D eigenvalue weighted by Crippen LogP contribution is 2.28. The first-order chi connectivity index (χ1) is 9.66. The van der Waals surface area contributed by atoms with Crippen LogP contribution >= 0.6 is 0 Å². The summed E-state index contributed by atoms with van der Waals surface area (Å²) in [6.45, 7) is 3.34. The second-order valence-corrected chi connectivity index (χ2v) is 5.05. The maximum absolute atomic E-state index is 11.4. The summed E-state index contributed by atoms with van der Waals surface area (Å²) < 4.78 is 16.6. The average molecular weight is 279 g/mol. The van der Waals surface area contributed by atoms with Crippen molar-refractivity contribution in [2.45, 2.75) is 26.2 Å². The van der Waals surface area contributed by atoms with Crippen molar-refractivity contribution < 1.29 is 19.0 Å². The van der Waals surface area contributed by atoms with Gasteiger partial charge in [-0.2, -0.15) is 0 Å². The van der Waals surface area contributed by atoms with Gasteiger partial charge in [-0.05, 0) is 12.0 Å². The molecular weight excluding hydrogens is 258 g/mol. The van der Waals surface area contributed by atoms with E-state index in [9.17, 15) is 4.79 Å². The third kappa shape index (κ3) is 3.56. The van der Waals surface area contributed by atoms with Gasteiger partial charge in [-0.1, -0.05) is 37.3 Å². The first-order valence-corrected chi connectivity index (χ1v) is 6.81. The molecule has 0 unspecified atom stereocenters. The standard InChI is InChI=1S/C15H21NO4/c1-2-15(14(16)17)10-19-13(20-11-15)9-18-8-12-6-4-3-5-7-12/h3-7,13H,2,8-11H2,1H3,(H2,16,17). The molecule has 0 radical (unpaired) electrons. The van der Waals surface area contributed by atoms with Crippen molar-refractivity contribution >= 4 is 5.91 Å². The quantitative estimate of drug-likeness (QED) is 0.855. The minimum Gasteiger partial charge on any atom is -0.372 e. The van der Waals surface area contributed by atoms with E-state index in [4.69, 9.17) is 19.9 Å². The van der Waals surface area contributed by atoms with Crippen molar-refractivity contribution in [3.8, 4) is 0 Å². The topological polar surface area (TPSA) is 70.8 Å². The fraction of sp³-hybridized carbons (Fsp3) is 0.533. The fourth-order valence-corrected chi connectivity index (χ4v) is 2.06. The third-order valence-electron chi connectivity index (χ3n) is 3.66. The lowest BCUT2D eigenvalue weighted by atomic mass is 9.85. The molecule has 1 aromatic rings. The molecule has 5 heteroatoms. The zero-order chi connectivity index (χ0) is 14.4. The summed E-state index contributed by atoms with van der Waals surface area (Å²) >= 11 is 0. The zero-order valence-electron chi connectivity index (χ0n) is 11.7. The number of rotatable bonds is 6. The average Bonchev–Trinajstić information content (AvgIpc) is 2.49. The van der Waals surface area contributed by atoms with E-state index in [2.05, 4.69) is 0 Å². The van der Waals surface area contributed by atoms with E-state index < -0.39 is 11.7 Å². The van der Waals surface area contributed by atoms with E-state index >= 15 is 0 Å². The van der Waals surface area contributed by atoms with Crippen LogP contribution in [0.1, 0.15) is 18.9 Å². The molecule has 1 saturated heterocycles. The smallest absolute Gasteiger partial charge is 0.228 e. The molecule has 1 aromatic carbocycles. The fourth-order valence-electron chi connectivity index (χ4n) is 2.06. The number of amides is 1. The van der Waals surface area contributed by atoms with E-state index in [1.165, 1.54) is 0 Å². The number of primary amides is 1. The molecule has 0 aromatic heterocycles. The van der Waals surface area contributed by atoms with Crippen LogP contribution in [0.5, 0.6) is 0 Å². The monoisotopic (exact) mass is 279 g/mol. The van der Waals surface area contributed by atoms with Gasteiger partial charge in [-0.25, -0.2) is 0 Å². The Morgan fingerprint density at radius 1 is 1.35 bits per heavy atom. The van der Waals surface area contributed by atoms with Gasteiger partial charge >= 0.3 is 0 Å². The maximum Gasteiger partial charge on any atom is 0.228 e. The van der Waals surface area contributed by atoms with E-state index in [-0.39, 0.29) is 19.1 Å². The molecule has 0 saturated carbocycles. The summed E-state index contributed by atoms with van der Waals surface area (Å²) in [6, 6.07) is 9.89. The molecule has 110 valence electrons. The number of nitrogens with two attached hydrogens (primary N) is 1. The molecule has 1 aliphatic heterocycles. The molecule has 1 aliphatic rings. The first kappa shape index (κ1) is 15.0. The molecular formula is C15H21NO4. The Morgan fingerprint density at radius 2 is 2.00 bits per heavy atom. The highest BCUT2D eigenvalue weighted by atomic mass is 16.7. The van der Waals surface area contributed by atoms with Crippen LogP contribution in [0, 0.1) is 5.41 Å². The molecule has 2 N–H and O–H groups in total. The highest BCUT2D eigenvalue weighted by Gasteiger charge is 2.40. The van der Waals surface area contributed by atoms with Crippen molar-refractivity contribution in [3.05, 3.63) is 35.9 Å². The van der Waals surface area contributed by atoms with Gasteiger partial charge in [0.05, 0.1) is 31.8 Å². The molecule has 0 aliphatic carbocycles. The van der Waals surface area contributed by atoms with Crippen molar-refractivity contribution in [3.63, 3.8) is 0 Å². The van der Waals surface area contributed by atoms with Gasteiger partial charge in [0.2, 0.25) is 5.91 Å². The minimum absolute atomic E-state index is 0.290. The number of hydrogen-bond acceptors (Lipinski definition) is 4. The lowest BCUT2D eigenvalue weighted by Crippen LogP contribution is -2.50. The second-order valence-electron chi connectivity index (χ2n) is 5.05. The van der Waals surface area contributed by atoms with Gasteiger partial charge in [-0.3, -0.25) is 4.79 Å². The van der Waals surface area contributed by atoms with Crippen LogP contribution in [0.2, 0.25) is 0 Å². The normalized spacial score (nSPS) is 26.4. The van der Waals surface area contributed by atoms with Crippen LogP contribution in [0.4, 0.5) is 0 Å². The summed E-state index contributed by atoms with van der Waals surface area (Å²) in [4.78, 5) is 11.4. The third-order valence-corrected chi connectivity index (χ3v) is 3.66. The van der Waals surface area contributed by atoms with Gasteiger partial charge in [0.1, 0.15) is 0 Å². The molecule has 2 rings (SSSR count). The summed E-state index contributed by atoms with van der Waals surface area (Å²) in [7, 11) is 0. The lowest BCUT2D eigenvalue weighted by Gasteiger charge is -2.36. The molecule has 0 spiro atoms. The van der Waals surface area contributed by atoms with Gasteiger partial charge in [0.25, 0.3) is 0 Å². The van der Waals surface area contributed by atoms with Crippen LogP contribution < -0.4 is 5.73 Å². The molecule has 0 atom stereocenters. The Hall–Kier alpha value is -1.43. The van der Waals surface area contributed by atoms with E-state index in [0.29, 0.717) is 19.6 Å². The lowest BCUT2D eigenvalue weighted by molar-refractivity contribution is -0.243. The largest absolute Gasteiger partial charge is 0.372 e. The Morgan fingerprint density at radius 3 is 2.55 bits per heavy atom. The molecule has 1 amide bonds. The summed E-state index contributed by atoms with van der Waals surface area (Å²) in [5, 5.41) is 0.